The zero-order chi connectivity index (χ0) is 17.4. The van der Waals surface area contributed by atoms with Crippen molar-refractivity contribution in [3.63, 3.8) is 0 Å². The number of rotatable bonds is 3. The summed E-state index contributed by atoms with van der Waals surface area (Å²) < 4.78 is 39.5. The van der Waals surface area contributed by atoms with Crippen LogP contribution < -0.4 is 0 Å². The van der Waals surface area contributed by atoms with Crippen molar-refractivity contribution < 1.29 is 18.1 Å². The number of hydrogen-bond acceptors (Lipinski definition) is 2. The largest absolute Gasteiger partial charge is 0.273 e. The Bertz CT molecular complexity index is 744. The van der Waals surface area contributed by atoms with Gasteiger partial charge < -0.3 is 0 Å². The van der Waals surface area contributed by atoms with Gasteiger partial charge in [0.25, 0.3) is 5.69 Å². The molecule has 23 heavy (non-hydrogen) atoms. The summed E-state index contributed by atoms with van der Waals surface area (Å²) in [4.78, 5) is 10.7. The van der Waals surface area contributed by atoms with Crippen molar-refractivity contribution in [3.05, 3.63) is 74.6 Å². The third kappa shape index (κ3) is 3.70. The molecule has 2 rings (SSSR count). The van der Waals surface area contributed by atoms with Gasteiger partial charge in [-0.2, -0.15) is 0 Å². The van der Waals surface area contributed by atoms with Crippen LogP contribution in [0.25, 0.3) is 0 Å². The quantitative estimate of drug-likeness (QED) is 0.458. The molecular formula is C17H16F3NO2. The molecule has 0 radical (unpaired) electrons. The predicted octanol–water partition coefficient (Wildman–Crippen LogP) is 4.90. The van der Waals surface area contributed by atoms with Crippen molar-refractivity contribution in [2.45, 2.75) is 32.6 Å². The van der Waals surface area contributed by atoms with Crippen LogP contribution >= 0.6 is 0 Å². The van der Waals surface area contributed by atoms with Gasteiger partial charge in [-0.05, 0) is 28.7 Å². The van der Waals surface area contributed by atoms with Crippen LogP contribution in [0.15, 0.2) is 30.3 Å². The van der Waals surface area contributed by atoms with Crippen molar-refractivity contribution >= 4 is 5.69 Å². The van der Waals surface area contributed by atoms with E-state index in [0.29, 0.717) is 5.56 Å². The van der Waals surface area contributed by atoms with Crippen LogP contribution in [0.3, 0.4) is 0 Å². The molecule has 0 amide bonds. The van der Waals surface area contributed by atoms with Crippen molar-refractivity contribution in [1.82, 2.24) is 0 Å². The molecule has 0 saturated heterocycles. The second-order valence-electron chi connectivity index (χ2n) is 6.40. The fourth-order valence-corrected chi connectivity index (χ4v) is 2.28. The molecule has 122 valence electrons. The molecule has 0 aliphatic rings. The van der Waals surface area contributed by atoms with Gasteiger partial charge in [0.15, 0.2) is 17.5 Å². The molecule has 0 atom stereocenters. The Morgan fingerprint density at radius 3 is 2.09 bits per heavy atom. The summed E-state index contributed by atoms with van der Waals surface area (Å²) in [5.41, 5.74) is 0.839. The lowest BCUT2D eigenvalue weighted by Gasteiger charge is -2.19. The number of nitrogens with zero attached hydrogens (tertiary/aromatic N) is 1. The lowest BCUT2D eigenvalue weighted by molar-refractivity contribution is -0.385. The summed E-state index contributed by atoms with van der Waals surface area (Å²) in [6.07, 6.45) is -0.0607. The van der Waals surface area contributed by atoms with E-state index in [0.717, 1.165) is 17.7 Å². The van der Waals surface area contributed by atoms with E-state index in [-0.39, 0.29) is 23.1 Å². The minimum atomic E-state index is -1.55. The molecule has 0 bridgehead atoms. The highest BCUT2D eigenvalue weighted by Gasteiger charge is 2.21. The minimum absolute atomic E-state index is 0.0607. The van der Waals surface area contributed by atoms with E-state index in [2.05, 4.69) is 0 Å². The van der Waals surface area contributed by atoms with Crippen molar-refractivity contribution in [2.24, 2.45) is 0 Å². The van der Waals surface area contributed by atoms with E-state index < -0.39 is 22.4 Å². The molecule has 0 heterocycles. The molecule has 0 aliphatic carbocycles. The van der Waals surface area contributed by atoms with Gasteiger partial charge in [-0.1, -0.05) is 32.9 Å². The SMILES string of the molecule is CC(C)(C)c1ccc(Cc2cc(F)c(F)c(F)c2)c([N+](=O)[O-])c1. The molecule has 0 unspecified atom stereocenters. The molecule has 0 aliphatic heterocycles. The van der Waals surface area contributed by atoms with E-state index in [1.165, 1.54) is 6.07 Å². The number of nitro benzene ring substituents is 1. The Balaban J connectivity index is 2.46. The molecule has 2 aromatic rings. The van der Waals surface area contributed by atoms with Crippen LogP contribution in [-0.2, 0) is 11.8 Å². The summed E-state index contributed by atoms with van der Waals surface area (Å²) in [5, 5.41) is 11.3. The van der Waals surface area contributed by atoms with Gasteiger partial charge in [-0.15, -0.1) is 0 Å². The molecule has 0 fully saturated rings. The van der Waals surface area contributed by atoms with Gasteiger partial charge in [0.05, 0.1) is 4.92 Å². The standard InChI is InChI=1S/C17H16F3NO2/c1-17(2,3)12-5-4-11(15(9-12)21(22)23)6-10-7-13(18)16(20)14(19)8-10/h4-5,7-9H,6H2,1-3H3. The first-order valence-electron chi connectivity index (χ1n) is 7.01. The van der Waals surface area contributed by atoms with Gasteiger partial charge >= 0.3 is 0 Å². The van der Waals surface area contributed by atoms with E-state index in [9.17, 15) is 23.3 Å². The van der Waals surface area contributed by atoms with Gasteiger partial charge in [0.2, 0.25) is 0 Å². The van der Waals surface area contributed by atoms with Crippen molar-refractivity contribution in [3.8, 4) is 0 Å². The Labute approximate surface area is 131 Å². The maximum Gasteiger partial charge on any atom is 0.273 e. The third-order valence-corrected chi connectivity index (χ3v) is 3.59. The molecule has 6 heteroatoms. The molecule has 0 aromatic heterocycles. The van der Waals surface area contributed by atoms with E-state index >= 15 is 0 Å². The lowest BCUT2D eigenvalue weighted by atomic mass is 9.85. The normalized spacial score (nSPS) is 11.6. The minimum Gasteiger partial charge on any atom is -0.258 e. The third-order valence-electron chi connectivity index (χ3n) is 3.59. The zero-order valence-electron chi connectivity index (χ0n) is 13.0. The molecular weight excluding hydrogens is 307 g/mol. The van der Waals surface area contributed by atoms with Crippen LogP contribution in [0.1, 0.15) is 37.5 Å². The first-order valence-corrected chi connectivity index (χ1v) is 7.01. The average molecular weight is 323 g/mol. The smallest absolute Gasteiger partial charge is 0.258 e. The van der Waals surface area contributed by atoms with Crippen LogP contribution in [-0.4, -0.2) is 4.92 Å². The highest BCUT2D eigenvalue weighted by Crippen LogP contribution is 2.30. The summed E-state index contributed by atoms with van der Waals surface area (Å²) in [6.45, 7) is 5.78. The monoisotopic (exact) mass is 323 g/mol. The highest BCUT2D eigenvalue weighted by molar-refractivity contribution is 5.47. The van der Waals surface area contributed by atoms with Gasteiger partial charge in [-0.3, -0.25) is 10.1 Å². The Kier molecular flexibility index (Phi) is 4.45. The van der Waals surface area contributed by atoms with Crippen LogP contribution in [0.2, 0.25) is 0 Å². The van der Waals surface area contributed by atoms with Crippen LogP contribution in [0.5, 0.6) is 0 Å². The molecule has 0 saturated carbocycles. The predicted molar refractivity (Wildman–Crippen MR) is 80.9 cm³/mol. The van der Waals surface area contributed by atoms with E-state index in [1.54, 1.807) is 12.1 Å². The first kappa shape index (κ1) is 17.0. The Morgan fingerprint density at radius 1 is 1.04 bits per heavy atom. The van der Waals surface area contributed by atoms with Crippen LogP contribution in [0, 0.1) is 27.6 Å². The topological polar surface area (TPSA) is 43.1 Å². The summed E-state index contributed by atoms with van der Waals surface area (Å²) >= 11 is 0. The van der Waals surface area contributed by atoms with Crippen molar-refractivity contribution in [2.75, 3.05) is 0 Å². The van der Waals surface area contributed by atoms with Gasteiger partial charge in [0.1, 0.15) is 0 Å². The maximum atomic E-state index is 13.3. The van der Waals surface area contributed by atoms with Crippen molar-refractivity contribution in [1.29, 1.82) is 0 Å². The lowest BCUT2D eigenvalue weighted by Crippen LogP contribution is -2.12. The highest BCUT2D eigenvalue weighted by atomic mass is 19.2. The Hall–Kier alpha value is -2.37. The number of benzene rings is 2. The average Bonchev–Trinajstić information content (AvgIpc) is 2.43. The molecule has 3 nitrogen and oxygen atoms in total. The first-order chi connectivity index (χ1) is 10.6. The summed E-state index contributed by atoms with van der Waals surface area (Å²) in [7, 11) is 0. The van der Waals surface area contributed by atoms with Crippen LogP contribution in [0.4, 0.5) is 18.9 Å². The Morgan fingerprint density at radius 2 is 1.61 bits per heavy atom. The molecule has 2 aromatic carbocycles. The number of nitro groups is 1. The fourth-order valence-electron chi connectivity index (χ4n) is 2.28. The summed E-state index contributed by atoms with van der Waals surface area (Å²) in [5.74, 6) is -4.17. The summed E-state index contributed by atoms with van der Waals surface area (Å²) in [6, 6.07) is 6.47. The fraction of sp³-hybridized carbons (Fsp3) is 0.294. The molecule has 0 spiro atoms. The number of halogens is 3. The zero-order valence-corrected chi connectivity index (χ0v) is 13.0. The second kappa shape index (κ2) is 6.02. The second-order valence-corrected chi connectivity index (χ2v) is 6.40. The number of hydrogen-bond donors (Lipinski definition) is 0. The van der Waals surface area contributed by atoms with E-state index in [1.807, 2.05) is 20.8 Å². The maximum absolute atomic E-state index is 13.3. The van der Waals surface area contributed by atoms with E-state index in [4.69, 9.17) is 0 Å². The van der Waals surface area contributed by atoms with Gasteiger partial charge in [0, 0.05) is 18.1 Å². The van der Waals surface area contributed by atoms with Gasteiger partial charge in [-0.25, -0.2) is 13.2 Å². The molecule has 0 N–H and O–H groups in total.